The summed E-state index contributed by atoms with van der Waals surface area (Å²) in [6.45, 7) is 3.71. The van der Waals surface area contributed by atoms with Gasteiger partial charge in [0.05, 0.1) is 13.5 Å². The summed E-state index contributed by atoms with van der Waals surface area (Å²) >= 11 is 0. The van der Waals surface area contributed by atoms with Crippen LogP contribution in [-0.2, 0) is 14.3 Å². The lowest BCUT2D eigenvalue weighted by atomic mass is 9.82. The molecular weight excluding hydrogens is 168 g/mol. The van der Waals surface area contributed by atoms with Crippen LogP contribution in [0, 0.1) is 5.92 Å². The highest BCUT2D eigenvalue weighted by molar-refractivity contribution is 5.96. The summed E-state index contributed by atoms with van der Waals surface area (Å²) in [6, 6.07) is 0. The maximum Gasteiger partial charge on any atom is 0.306 e. The van der Waals surface area contributed by atoms with E-state index in [1.807, 2.05) is 0 Å². The van der Waals surface area contributed by atoms with Gasteiger partial charge in [-0.2, -0.15) is 0 Å². The highest BCUT2D eigenvalue weighted by Gasteiger charge is 2.25. The van der Waals surface area contributed by atoms with Gasteiger partial charge in [-0.15, -0.1) is 0 Å². The fourth-order valence-corrected chi connectivity index (χ4v) is 1.58. The summed E-state index contributed by atoms with van der Waals surface area (Å²) in [5.41, 5.74) is 0.594. The minimum absolute atomic E-state index is 0.00806. The van der Waals surface area contributed by atoms with Crippen molar-refractivity contribution >= 4 is 11.8 Å². The van der Waals surface area contributed by atoms with Crippen molar-refractivity contribution < 1.29 is 14.3 Å². The molecule has 3 nitrogen and oxygen atoms in total. The van der Waals surface area contributed by atoms with Crippen molar-refractivity contribution in [1.29, 1.82) is 0 Å². The number of carbonyl (C=O) groups is 2. The molecule has 1 atom stereocenters. The van der Waals surface area contributed by atoms with Gasteiger partial charge >= 0.3 is 5.97 Å². The van der Waals surface area contributed by atoms with E-state index < -0.39 is 0 Å². The predicted octanol–water partition coefficient (Wildman–Crippen LogP) is 1.47. The number of hydrogen-bond acceptors (Lipinski definition) is 3. The van der Waals surface area contributed by atoms with Gasteiger partial charge in [-0.1, -0.05) is 6.58 Å². The molecule has 1 unspecified atom stereocenters. The molecule has 1 saturated carbocycles. The van der Waals surface area contributed by atoms with E-state index in [1.165, 1.54) is 7.11 Å². The molecular formula is C10H14O3. The number of ketones is 1. The summed E-state index contributed by atoms with van der Waals surface area (Å²) in [5, 5.41) is 0. The van der Waals surface area contributed by atoms with E-state index in [1.54, 1.807) is 0 Å². The van der Waals surface area contributed by atoms with Crippen molar-refractivity contribution in [1.82, 2.24) is 0 Å². The standard InChI is InChI=1S/C10H14O3/c1-7-8(6-10(12)13-2)4-3-5-9(7)11/h8H,1,3-6H2,2H3. The van der Waals surface area contributed by atoms with Gasteiger partial charge in [0.2, 0.25) is 0 Å². The van der Waals surface area contributed by atoms with Crippen LogP contribution in [0.4, 0.5) is 0 Å². The Labute approximate surface area is 77.8 Å². The van der Waals surface area contributed by atoms with Crippen LogP contribution in [0.3, 0.4) is 0 Å². The number of Topliss-reactive ketones (excluding diaryl/α,β-unsaturated/α-hetero) is 1. The van der Waals surface area contributed by atoms with Crippen LogP contribution in [0.25, 0.3) is 0 Å². The van der Waals surface area contributed by atoms with Crippen molar-refractivity contribution in [2.45, 2.75) is 25.7 Å². The Morgan fingerprint density at radius 2 is 2.38 bits per heavy atom. The molecule has 0 aromatic carbocycles. The minimum Gasteiger partial charge on any atom is -0.469 e. The lowest BCUT2D eigenvalue weighted by Crippen LogP contribution is -2.21. The van der Waals surface area contributed by atoms with Gasteiger partial charge in [-0.05, 0) is 24.3 Å². The first-order valence-corrected chi connectivity index (χ1v) is 4.44. The van der Waals surface area contributed by atoms with Gasteiger partial charge in [0.1, 0.15) is 0 Å². The van der Waals surface area contributed by atoms with Crippen LogP contribution in [0.1, 0.15) is 25.7 Å². The first-order chi connectivity index (χ1) is 6.15. The highest BCUT2D eigenvalue weighted by atomic mass is 16.5. The largest absolute Gasteiger partial charge is 0.469 e. The summed E-state index contributed by atoms with van der Waals surface area (Å²) in [6.07, 6.45) is 2.61. The predicted molar refractivity (Wildman–Crippen MR) is 48.1 cm³/mol. The second kappa shape index (κ2) is 4.21. The number of allylic oxidation sites excluding steroid dienone is 1. The van der Waals surface area contributed by atoms with E-state index in [0.717, 1.165) is 12.8 Å². The zero-order valence-corrected chi connectivity index (χ0v) is 7.84. The van der Waals surface area contributed by atoms with Gasteiger partial charge in [0.15, 0.2) is 5.78 Å². The lowest BCUT2D eigenvalue weighted by molar-refractivity contribution is -0.141. The molecule has 0 amide bonds. The number of rotatable bonds is 2. The van der Waals surface area contributed by atoms with Gasteiger partial charge in [-0.3, -0.25) is 9.59 Å². The van der Waals surface area contributed by atoms with Crippen molar-refractivity contribution in [3.63, 3.8) is 0 Å². The van der Waals surface area contributed by atoms with E-state index in [9.17, 15) is 9.59 Å². The molecule has 0 heterocycles. The molecule has 0 bridgehead atoms. The fraction of sp³-hybridized carbons (Fsp3) is 0.600. The average Bonchev–Trinajstić information content (AvgIpc) is 2.13. The molecule has 3 heteroatoms. The van der Waals surface area contributed by atoms with Crippen LogP contribution < -0.4 is 0 Å². The molecule has 1 aliphatic rings. The number of esters is 1. The smallest absolute Gasteiger partial charge is 0.306 e. The van der Waals surface area contributed by atoms with E-state index in [0.29, 0.717) is 18.4 Å². The Bertz CT molecular complexity index is 243. The molecule has 0 aromatic rings. The first kappa shape index (κ1) is 9.96. The topological polar surface area (TPSA) is 43.4 Å². The normalized spacial score (nSPS) is 23.0. The maximum absolute atomic E-state index is 11.2. The summed E-state index contributed by atoms with van der Waals surface area (Å²) in [4.78, 5) is 22.2. The van der Waals surface area contributed by atoms with Crippen LogP contribution in [0.15, 0.2) is 12.2 Å². The molecule has 13 heavy (non-hydrogen) atoms. The van der Waals surface area contributed by atoms with E-state index in [4.69, 9.17) is 0 Å². The monoisotopic (exact) mass is 182 g/mol. The number of ether oxygens (including phenoxy) is 1. The quantitative estimate of drug-likeness (QED) is 0.480. The second-order valence-corrected chi connectivity index (χ2v) is 3.32. The summed E-state index contributed by atoms with van der Waals surface area (Å²) in [5.74, 6) is -0.158. The molecule has 1 rings (SSSR count). The zero-order valence-electron chi connectivity index (χ0n) is 7.84. The molecule has 0 N–H and O–H groups in total. The molecule has 1 aliphatic carbocycles. The Hall–Kier alpha value is -1.12. The second-order valence-electron chi connectivity index (χ2n) is 3.32. The van der Waals surface area contributed by atoms with Crippen LogP contribution in [0.2, 0.25) is 0 Å². The number of carbonyl (C=O) groups excluding carboxylic acids is 2. The molecule has 1 fully saturated rings. The van der Waals surface area contributed by atoms with Crippen LogP contribution >= 0.6 is 0 Å². The Morgan fingerprint density at radius 3 is 3.00 bits per heavy atom. The van der Waals surface area contributed by atoms with Crippen molar-refractivity contribution in [3.05, 3.63) is 12.2 Å². The molecule has 0 aliphatic heterocycles. The Balaban J connectivity index is 2.54. The van der Waals surface area contributed by atoms with E-state index in [2.05, 4.69) is 11.3 Å². The average molecular weight is 182 g/mol. The third kappa shape index (κ3) is 2.41. The van der Waals surface area contributed by atoms with Crippen molar-refractivity contribution in [3.8, 4) is 0 Å². The first-order valence-electron chi connectivity index (χ1n) is 4.44. The molecule has 72 valence electrons. The Kier molecular flexibility index (Phi) is 3.23. The van der Waals surface area contributed by atoms with E-state index >= 15 is 0 Å². The minimum atomic E-state index is -0.263. The van der Waals surface area contributed by atoms with Crippen LogP contribution in [0.5, 0.6) is 0 Å². The van der Waals surface area contributed by atoms with Gasteiger partial charge in [0.25, 0.3) is 0 Å². The number of hydrogen-bond donors (Lipinski definition) is 0. The zero-order chi connectivity index (χ0) is 9.84. The molecule has 0 saturated heterocycles. The van der Waals surface area contributed by atoms with Crippen molar-refractivity contribution in [2.75, 3.05) is 7.11 Å². The fourth-order valence-electron chi connectivity index (χ4n) is 1.58. The van der Waals surface area contributed by atoms with E-state index in [-0.39, 0.29) is 17.7 Å². The summed E-state index contributed by atoms with van der Waals surface area (Å²) < 4.78 is 4.55. The third-order valence-corrected chi connectivity index (χ3v) is 2.45. The Morgan fingerprint density at radius 1 is 1.69 bits per heavy atom. The van der Waals surface area contributed by atoms with Gasteiger partial charge in [0, 0.05) is 6.42 Å². The van der Waals surface area contributed by atoms with Gasteiger partial charge < -0.3 is 4.74 Å². The number of methoxy groups -OCH3 is 1. The third-order valence-electron chi connectivity index (χ3n) is 2.45. The highest BCUT2D eigenvalue weighted by Crippen LogP contribution is 2.28. The lowest BCUT2D eigenvalue weighted by Gasteiger charge is -2.21. The SMILES string of the molecule is C=C1C(=O)CCCC1CC(=O)OC. The molecule has 0 aromatic heterocycles. The molecule has 0 radical (unpaired) electrons. The molecule has 0 spiro atoms. The van der Waals surface area contributed by atoms with Crippen molar-refractivity contribution in [2.24, 2.45) is 5.92 Å². The summed E-state index contributed by atoms with van der Waals surface area (Å²) in [7, 11) is 1.36. The van der Waals surface area contributed by atoms with Gasteiger partial charge in [-0.25, -0.2) is 0 Å². The maximum atomic E-state index is 11.2. The van der Waals surface area contributed by atoms with Crippen LogP contribution in [-0.4, -0.2) is 18.9 Å².